The van der Waals surface area contributed by atoms with Crippen LogP contribution in [0.5, 0.6) is 0 Å². The van der Waals surface area contributed by atoms with Crippen molar-refractivity contribution in [3.05, 3.63) is 42.0 Å². The summed E-state index contributed by atoms with van der Waals surface area (Å²) in [6.45, 7) is 13.1. The average Bonchev–Trinajstić information content (AvgIpc) is 3.09. The molecule has 0 atom stereocenters. The van der Waals surface area contributed by atoms with Crippen molar-refractivity contribution in [2.24, 2.45) is 10.4 Å². The summed E-state index contributed by atoms with van der Waals surface area (Å²) in [5, 5.41) is 3.54. The zero-order valence-corrected chi connectivity index (χ0v) is 15.6. The molecular formula is C20H30N4. The second kappa shape index (κ2) is 6.15. The van der Waals surface area contributed by atoms with Gasteiger partial charge in [0.15, 0.2) is 5.96 Å². The smallest absolute Gasteiger partial charge is 0.194 e. The van der Waals surface area contributed by atoms with Gasteiger partial charge in [0.1, 0.15) is 0 Å². The zero-order chi connectivity index (χ0) is 17.4. The van der Waals surface area contributed by atoms with Crippen LogP contribution in [0.2, 0.25) is 0 Å². The molecule has 0 aliphatic carbocycles. The van der Waals surface area contributed by atoms with Crippen LogP contribution in [-0.4, -0.2) is 43.1 Å². The minimum absolute atomic E-state index is 0.123. The van der Waals surface area contributed by atoms with Gasteiger partial charge in [0.2, 0.25) is 0 Å². The molecule has 1 saturated heterocycles. The average molecular weight is 326 g/mol. The van der Waals surface area contributed by atoms with Gasteiger partial charge in [0.05, 0.1) is 0 Å². The Balaban J connectivity index is 1.64. The molecule has 1 aromatic carbocycles. The minimum Gasteiger partial charge on any atom is -0.364 e. The van der Waals surface area contributed by atoms with Gasteiger partial charge in [0.25, 0.3) is 0 Å². The van der Waals surface area contributed by atoms with Crippen LogP contribution in [0.1, 0.15) is 33.3 Å². The lowest BCUT2D eigenvalue weighted by Gasteiger charge is -2.62. The second-order valence-corrected chi connectivity index (χ2v) is 7.98. The molecule has 4 nitrogen and oxygen atoms in total. The van der Waals surface area contributed by atoms with E-state index in [1.165, 1.54) is 11.3 Å². The number of nitrogens with zero attached hydrogens (tertiary/aromatic N) is 3. The highest BCUT2D eigenvalue weighted by molar-refractivity contribution is 5.82. The molecule has 3 rings (SSSR count). The van der Waals surface area contributed by atoms with Gasteiger partial charge >= 0.3 is 0 Å². The zero-order valence-electron chi connectivity index (χ0n) is 15.6. The number of rotatable bonds is 3. The van der Waals surface area contributed by atoms with Gasteiger partial charge in [-0.25, -0.2) is 0 Å². The molecule has 1 aromatic rings. The maximum absolute atomic E-state index is 4.50. The Kier molecular flexibility index (Phi) is 4.33. The number of benzene rings is 1. The van der Waals surface area contributed by atoms with Gasteiger partial charge in [-0.05, 0) is 31.5 Å². The van der Waals surface area contributed by atoms with E-state index in [9.17, 15) is 0 Å². The van der Waals surface area contributed by atoms with Crippen LogP contribution in [0.15, 0.2) is 41.4 Å². The number of nitrogens with one attached hydrogen (secondary N) is 1. The summed E-state index contributed by atoms with van der Waals surface area (Å²) < 4.78 is 0. The lowest BCUT2D eigenvalue weighted by atomic mass is 9.65. The van der Waals surface area contributed by atoms with Gasteiger partial charge in [-0.3, -0.25) is 4.99 Å². The van der Waals surface area contributed by atoms with Gasteiger partial charge < -0.3 is 15.1 Å². The maximum Gasteiger partial charge on any atom is 0.194 e. The van der Waals surface area contributed by atoms with Gasteiger partial charge in [-0.2, -0.15) is 0 Å². The number of anilines is 1. The highest BCUT2D eigenvalue weighted by Crippen LogP contribution is 2.46. The van der Waals surface area contributed by atoms with Crippen LogP contribution in [-0.2, 0) is 6.54 Å². The monoisotopic (exact) mass is 326 g/mol. The topological polar surface area (TPSA) is 30.9 Å². The van der Waals surface area contributed by atoms with E-state index in [0.29, 0.717) is 5.41 Å². The molecule has 0 spiro atoms. The Labute approximate surface area is 146 Å². The van der Waals surface area contributed by atoms with E-state index < -0.39 is 0 Å². The fraction of sp³-hybridized carbons (Fsp3) is 0.550. The quantitative estimate of drug-likeness (QED) is 0.525. The first-order valence-corrected chi connectivity index (χ1v) is 8.82. The molecule has 0 aromatic heterocycles. The third-order valence-electron chi connectivity index (χ3n) is 5.90. The molecule has 0 amide bonds. The van der Waals surface area contributed by atoms with E-state index in [1.807, 2.05) is 7.05 Å². The first-order valence-electron chi connectivity index (χ1n) is 8.82. The third kappa shape index (κ3) is 2.90. The molecule has 2 aliphatic heterocycles. The van der Waals surface area contributed by atoms with Crippen molar-refractivity contribution in [2.75, 3.05) is 31.6 Å². The SMILES string of the molecule is CN=C(NCc1cccc(N2CC=CC2)c1)N1CC(C)(C)C1(C)C. The number of hydrogen-bond acceptors (Lipinski definition) is 2. The third-order valence-corrected chi connectivity index (χ3v) is 5.90. The van der Waals surface area contributed by atoms with Gasteiger partial charge in [0, 0.05) is 49.9 Å². The number of aliphatic imine (C=N–C) groups is 1. The molecule has 0 bridgehead atoms. The van der Waals surface area contributed by atoms with Crippen molar-refractivity contribution < 1.29 is 0 Å². The summed E-state index contributed by atoms with van der Waals surface area (Å²) >= 11 is 0. The van der Waals surface area contributed by atoms with E-state index >= 15 is 0 Å². The summed E-state index contributed by atoms with van der Waals surface area (Å²) in [6, 6.07) is 8.79. The maximum atomic E-state index is 4.50. The predicted octanol–water partition coefficient (Wildman–Crippen LogP) is 3.26. The Bertz CT molecular complexity index is 649. The number of guanidine groups is 1. The van der Waals surface area contributed by atoms with E-state index in [4.69, 9.17) is 0 Å². The van der Waals surface area contributed by atoms with Gasteiger partial charge in [-0.15, -0.1) is 0 Å². The molecule has 0 saturated carbocycles. The molecule has 130 valence electrons. The van der Waals surface area contributed by atoms with Gasteiger partial charge in [-0.1, -0.05) is 38.1 Å². The van der Waals surface area contributed by atoms with Crippen molar-refractivity contribution in [3.8, 4) is 0 Å². The Hall–Kier alpha value is -1.97. The second-order valence-electron chi connectivity index (χ2n) is 7.98. The molecule has 24 heavy (non-hydrogen) atoms. The van der Waals surface area contributed by atoms with Crippen LogP contribution in [0, 0.1) is 5.41 Å². The summed E-state index contributed by atoms with van der Waals surface area (Å²) in [6.07, 6.45) is 4.45. The highest BCUT2D eigenvalue weighted by atomic mass is 15.4. The fourth-order valence-corrected chi connectivity index (χ4v) is 3.43. The first kappa shape index (κ1) is 16.9. The molecule has 0 radical (unpaired) electrons. The summed E-state index contributed by atoms with van der Waals surface area (Å²) in [5.74, 6) is 0.993. The lowest BCUT2D eigenvalue weighted by molar-refractivity contribution is -0.0667. The molecule has 1 fully saturated rings. The summed E-state index contributed by atoms with van der Waals surface area (Å²) in [4.78, 5) is 9.25. The Morgan fingerprint density at radius 2 is 1.88 bits per heavy atom. The molecule has 4 heteroatoms. The summed E-state index contributed by atoms with van der Waals surface area (Å²) in [5.41, 5.74) is 3.02. The first-order chi connectivity index (χ1) is 11.3. The highest BCUT2D eigenvalue weighted by Gasteiger charge is 2.53. The van der Waals surface area contributed by atoms with Crippen molar-refractivity contribution in [3.63, 3.8) is 0 Å². The van der Waals surface area contributed by atoms with Crippen molar-refractivity contribution in [2.45, 2.75) is 39.8 Å². The number of hydrogen-bond donors (Lipinski definition) is 1. The van der Waals surface area contributed by atoms with Crippen molar-refractivity contribution >= 4 is 11.6 Å². The molecular weight excluding hydrogens is 296 g/mol. The molecule has 2 aliphatic rings. The normalized spacial score (nSPS) is 21.8. The Morgan fingerprint density at radius 3 is 2.46 bits per heavy atom. The van der Waals surface area contributed by atoms with Crippen LogP contribution < -0.4 is 10.2 Å². The van der Waals surface area contributed by atoms with Crippen LogP contribution in [0.3, 0.4) is 0 Å². The predicted molar refractivity (Wildman–Crippen MR) is 103 cm³/mol. The van der Waals surface area contributed by atoms with E-state index in [2.05, 4.69) is 84.2 Å². The number of likely N-dealkylation sites (tertiary alicyclic amines) is 1. The summed E-state index contributed by atoms with van der Waals surface area (Å²) in [7, 11) is 1.87. The van der Waals surface area contributed by atoms with Crippen molar-refractivity contribution in [1.29, 1.82) is 0 Å². The molecule has 0 unspecified atom stereocenters. The van der Waals surface area contributed by atoms with Crippen LogP contribution in [0.4, 0.5) is 5.69 Å². The Morgan fingerprint density at radius 1 is 1.17 bits per heavy atom. The van der Waals surface area contributed by atoms with E-state index in [-0.39, 0.29) is 5.54 Å². The van der Waals surface area contributed by atoms with E-state index in [1.54, 1.807) is 0 Å². The van der Waals surface area contributed by atoms with Crippen molar-refractivity contribution in [1.82, 2.24) is 10.2 Å². The van der Waals surface area contributed by atoms with Crippen LogP contribution in [0.25, 0.3) is 0 Å². The van der Waals surface area contributed by atoms with E-state index in [0.717, 1.165) is 32.1 Å². The van der Waals surface area contributed by atoms with Crippen LogP contribution >= 0.6 is 0 Å². The molecule has 2 heterocycles. The standard InChI is InChI=1S/C20H30N4/c1-19(2)15-24(20(19,3)4)18(21-5)22-14-16-9-8-10-17(13-16)23-11-6-7-12-23/h6-10,13H,11-12,14-15H2,1-5H3,(H,21,22). The molecule has 1 N–H and O–H groups in total. The fourth-order valence-electron chi connectivity index (χ4n) is 3.43. The minimum atomic E-state index is 0.123. The lowest BCUT2D eigenvalue weighted by Crippen LogP contribution is -2.72. The largest absolute Gasteiger partial charge is 0.364 e.